The van der Waals surface area contributed by atoms with E-state index in [0.717, 1.165) is 75.4 Å². The third kappa shape index (κ3) is 7.12. The van der Waals surface area contributed by atoms with Gasteiger partial charge in [-0.15, -0.1) is 0 Å². The lowest BCUT2D eigenvalue weighted by atomic mass is 9.84. The number of imidazole rings is 1. The summed E-state index contributed by atoms with van der Waals surface area (Å²) < 4.78 is 59.1. The van der Waals surface area contributed by atoms with Gasteiger partial charge < -0.3 is 10.2 Å². The largest absolute Gasteiger partial charge is 0.434 e. The number of hydrogen-bond acceptors (Lipinski definition) is 8. The van der Waals surface area contributed by atoms with Crippen LogP contribution in [0.1, 0.15) is 91.1 Å². The zero-order valence-corrected chi connectivity index (χ0v) is 30.0. The molecule has 1 saturated carbocycles. The maximum absolute atomic E-state index is 15.0. The van der Waals surface area contributed by atoms with E-state index in [2.05, 4.69) is 36.7 Å². The fourth-order valence-corrected chi connectivity index (χ4v) is 8.56. The van der Waals surface area contributed by atoms with Gasteiger partial charge in [-0.25, -0.2) is 14.2 Å². The highest BCUT2D eigenvalue weighted by Crippen LogP contribution is 2.37. The Bertz CT molecular complexity index is 2370. The molecule has 17 heteroatoms. The molecule has 0 bridgehead atoms. The van der Waals surface area contributed by atoms with Crippen LogP contribution in [-0.2, 0) is 22.8 Å². The maximum atomic E-state index is 15.0. The monoisotopic (exact) mass is 761 g/mol. The van der Waals surface area contributed by atoms with Gasteiger partial charge in [0.25, 0.3) is 5.91 Å². The number of aryl methyl sites for hydroxylation is 1. The molecule has 3 fully saturated rings. The highest BCUT2D eigenvalue weighted by atomic mass is 19.4. The zero-order chi connectivity index (χ0) is 38.6. The first-order valence-corrected chi connectivity index (χ1v) is 18.5. The van der Waals surface area contributed by atoms with Gasteiger partial charge in [-0.1, -0.05) is 12.1 Å². The summed E-state index contributed by atoms with van der Waals surface area (Å²) in [5, 5.41) is 9.87. The van der Waals surface area contributed by atoms with Gasteiger partial charge in [0, 0.05) is 37.7 Å². The minimum atomic E-state index is -4.78. The molecule has 5 heterocycles. The molecule has 2 saturated heterocycles. The number of piperidine rings is 2. The van der Waals surface area contributed by atoms with E-state index in [0.29, 0.717) is 35.0 Å². The summed E-state index contributed by atoms with van der Waals surface area (Å²) in [7, 11) is 1.74. The summed E-state index contributed by atoms with van der Waals surface area (Å²) in [4.78, 5) is 59.7. The lowest BCUT2D eigenvalue weighted by Crippen LogP contribution is -2.44. The highest BCUT2D eigenvalue weighted by molar-refractivity contribution is 6.04. The predicted octanol–water partition coefficient (Wildman–Crippen LogP) is 5.48. The minimum absolute atomic E-state index is 0.121. The van der Waals surface area contributed by atoms with Gasteiger partial charge in [0.2, 0.25) is 11.8 Å². The number of anilines is 1. The van der Waals surface area contributed by atoms with E-state index in [9.17, 15) is 36.7 Å². The number of halogens is 4. The molecule has 2 aliphatic heterocycles. The summed E-state index contributed by atoms with van der Waals surface area (Å²) in [6, 6.07) is 7.91. The van der Waals surface area contributed by atoms with Gasteiger partial charge in [-0.3, -0.25) is 38.5 Å². The molecule has 3 aliphatic rings. The van der Waals surface area contributed by atoms with Crippen molar-refractivity contribution in [1.82, 2.24) is 39.1 Å². The number of fused-ring (bicyclic) bond motifs is 2. The number of nitrogens with zero attached hydrogens (tertiary/aromatic N) is 7. The molecule has 0 radical (unpaired) electrons. The van der Waals surface area contributed by atoms with Crippen molar-refractivity contribution in [3.8, 4) is 0 Å². The number of carbonyl (C=O) groups excluding carboxylic acids is 3. The Morgan fingerprint density at radius 1 is 1.00 bits per heavy atom. The van der Waals surface area contributed by atoms with Crippen molar-refractivity contribution in [2.24, 2.45) is 13.0 Å². The molecular weight excluding hydrogens is 722 g/mol. The Morgan fingerprint density at radius 3 is 2.49 bits per heavy atom. The first-order valence-electron chi connectivity index (χ1n) is 18.5. The zero-order valence-electron chi connectivity index (χ0n) is 30.0. The molecular formula is C38H39F4N9O4. The summed E-state index contributed by atoms with van der Waals surface area (Å²) in [5.74, 6) is -1.77. The molecule has 288 valence electrons. The van der Waals surface area contributed by atoms with E-state index in [4.69, 9.17) is 0 Å². The first kappa shape index (κ1) is 36.5. The standard InChI is InChI=1S/C38H39F4N9O4/c1-48-34-25(3-2-4-30(34)51(37(48)55)31-9-10-33(52)46-36(31)54)22-11-13-49(14-12-22)19-21-5-7-24(8-6-21)50-20-23-15-28(26(39)16-27(23)47-50)45-35(53)29-17-43-18-32(44-29)38(40,41)42/h2-4,15-18,20-22,24,31H,5-14,19H2,1H3,(H,45,53)(H,46,52,54). The number of carbonyl (C=O) groups is 3. The molecule has 1 atom stereocenters. The molecule has 55 heavy (non-hydrogen) atoms. The molecule has 3 aromatic heterocycles. The number of benzene rings is 2. The number of nitrogens with one attached hydrogen (secondary N) is 2. The van der Waals surface area contributed by atoms with Crippen molar-refractivity contribution in [2.75, 3.05) is 25.0 Å². The van der Waals surface area contributed by atoms with Crippen molar-refractivity contribution in [3.05, 3.63) is 82.2 Å². The van der Waals surface area contributed by atoms with Gasteiger partial charge in [0.05, 0.1) is 40.7 Å². The third-order valence-electron chi connectivity index (χ3n) is 11.4. The number of hydrogen-bond donors (Lipinski definition) is 2. The van der Waals surface area contributed by atoms with Gasteiger partial charge in [-0.05, 0) is 87.6 Å². The third-order valence-corrected chi connectivity index (χ3v) is 11.4. The number of imide groups is 1. The minimum Gasteiger partial charge on any atom is -0.318 e. The van der Waals surface area contributed by atoms with Crippen molar-refractivity contribution >= 4 is 45.3 Å². The van der Waals surface area contributed by atoms with Crippen LogP contribution in [0.25, 0.3) is 21.9 Å². The fourth-order valence-electron chi connectivity index (χ4n) is 8.56. The van der Waals surface area contributed by atoms with Crippen LogP contribution in [0.2, 0.25) is 0 Å². The smallest absolute Gasteiger partial charge is 0.318 e. The van der Waals surface area contributed by atoms with Crippen LogP contribution in [0.4, 0.5) is 23.2 Å². The topological polar surface area (TPSA) is 149 Å². The van der Waals surface area contributed by atoms with E-state index in [-0.39, 0.29) is 35.7 Å². The number of alkyl halides is 3. The summed E-state index contributed by atoms with van der Waals surface area (Å²) in [6.45, 7) is 2.84. The SMILES string of the molecule is Cn1c(=O)n(C2CCC(=O)NC2=O)c2cccc(C3CCN(CC4CCC(n5cc6cc(NC(=O)c7cncc(C(F)(F)F)n7)c(F)cc6n5)CC4)CC3)c21. The molecule has 2 N–H and O–H groups in total. The van der Waals surface area contributed by atoms with E-state index in [1.165, 1.54) is 16.7 Å². The van der Waals surface area contributed by atoms with Crippen LogP contribution in [0, 0.1) is 11.7 Å². The van der Waals surface area contributed by atoms with Crippen molar-refractivity contribution in [3.63, 3.8) is 0 Å². The first-order chi connectivity index (χ1) is 26.3. The summed E-state index contributed by atoms with van der Waals surface area (Å²) in [6.07, 6.45) is 4.60. The second-order valence-corrected chi connectivity index (χ2v) is 14.9. The molecule has 0 spiro atoms. The van der Waals surface area contributed by atoms with Gasteiger partial charge in [-0.2, -0.15) is 18.3 Å². The second kappa shape index (κ2) is 14.3. The molecule has 8 rings (SSSR count). The Labute approximate surface area is 311 Å². The van der Waals surface area contributed by atoms with Gasteiger partial charge in [0.15, 0.2) is 5.69 Å². The van der Waals surface area contributed by atoms with E-state index in [1.54, 1.807) is 17.8 Å². The van der Waals surface area contributed by atoms with Gasteiger partial charge in [0.1, 0.15) is 17.6 Å². The van der Waals surface area contributed by atoms with E-state index >= 15 is 0 Å². The van der Waals surface area contributed by atoms with E-state index in [1.807, 2.05) is 16.8 Å². The summed E-state index contributed by atoms with van der Waals surface area (Å²) in [5.41, 5.74) is 0.697. The fraction of sp³-hybridized carbons (Fsp3) is 0.447. The van der Waals surface area contributed by atoms with Crippen molar-refractivity contribution < 1.29 is 31.9 Å². The Morgan fingerprint density at radius 2 is 1.76 bits per heavy atom. The average molecular weight is 762 g/mol. The van der Waals surface area contributed by atoms with Crippen molar-refractivity contribution in [2.45, 2.75) is 75.5 Å². The van der Waals surface area contributed by atoms with Crippen LogP contribution in [-0.4, -0.2) is 71.1 Å². The van der Waals surface area contributed by atoms with Crippen molar-refractivity contribution in [1.29, 1.82) is 0 Å². The maximum Gasteiger partial charge on any atom is 0.434 e. The van der Waals surface area contributed by atoms with Crippen LogP contribution in [0.3, 0.4) is 0 Å². The van der Waals surface area contributed by atoms with Crippen LogP contribution >= 0.6 is 0 Å². The number of likely N-dealkylation sites (tertiary alicyclic amines) is 1. The quantitative estimate of drug-likeness (QED) is 0.164. The average Bonchev–Trinajstić information content (AvgIpc) is 3.69. The van der Waals surface area contributed by atoms with Gasteiger partial charge >= 0.3 is 11.9 Å². The molecule has 1 unspecified atom stereocenters. The lowest BCUT2D eigenvalue weighted by molar-refractivity contribution is -0.141. The second-order valence-electron chi connectivity index (χ2n) is 14.9. The van der Waals surface area contributed by atoms with Crippen LogP contribution in [0.15, 0.2) is 53.7 Å². The number of aromatic nitrogens is 6. The molecule has 2 aromatic carbocycles. The molecule has 1 aliphatic carbocycles. The van der Waals surface area contributed by atoms with Crippen LogP contribution in [0.5, 0.6) is 0 Å². The normalized spacial score (nSPS) is 21.7. The van der Waals surface area contributed by atoms with Crippen LogP contribution < -0.4 is 16.3 Å². The number of para-hydroxylation sites is 1. The van der Waals surface area contributed by atoms with E-state index < -0.39 is 41.2 Å². The highest BCUT2D eigenvalue weighted by Gasteiger charge is 2.35. The predicted molar refractivity (Wildman–Crippen MR) is 193 cm³/mol. The number of rotatable bonds is 7. The Kier molecular flexibility index (Phi) is 9.51. The molecule has 13 nitrogen and oxygen atoms in total. The molecule has 5 aromatic rings. The summed E-state index contributed by atoms with van der Waals surface area (Å²) >= 11 is 0. The lowest BCUT2D eigenvalue weighted by Gasteiger charge is -2.37. The Balaban J connectivity index is 0.868. The Hall–Kier alpha value is -5.45. The molecule has 3 amide bonds. The number of amides is 3.